The maximum atomic E-state index is 12.2. The highest BCUT2D eigenvalue weighted by Gasteiger charge is 2.34. The number of piperidine rings is 1. The standard InChI is InChI=1S/C12H22N2O3/c1-16-10-4-6-14(8-11(10)17-2)12(15)9-3-5-13-7-9/h9-11,13H,3-8H2,1-2H3/t9?,10-,11?/m1/s1. The Morgan fingerprint density at radius 1 is 1.24 bits per heavy atom. The van der Waals surface area contributed by atoms with E-state index in [1.54, 1.807) is 14.2 Å². The lowest BCUT2D eigenvalue weighted by atomic mass is 10.0. The largest absolute Gasteiger partial charge is 0.379 e. The average Bonchev–Trinajstić information content (AvgIpc) is 2.90. The maximum absolute atomic E-state index is 12.2. The molecule has 98 valence electrons. The number of nitrogens with one attached hydrogen (secondary N) is 1. The number of methoxy groups -OCH3 is 2. The van der Waals surface area contributed by atoms with Crippen molar-refractivity contribution in [3.8, 4) is 0 Å². The van der Waals surface area contributed by atoms with Crippen molar-refractivity contribution < 1.29 is 14.3 Å². The van der Waals surface area contributed by atoms with Crippen molar-refractivity contribution in [3.05, 3.63) is 0 Å². The number of ether oxygens (including phenoxy) is 2. The highest BCUT2D eigenvalue weighted by molar-refractivity contribution is 5.79. The molecule has 2 unspecified atom stereocenters. The number of carbonyl (C=O) groups excluding carboxylic acids is 1. The van der Waals surface area contributed by atoms with Crippen molar-refractivity contribution in [1.29, 1.82) is 0 Å². The van der Waals surface area contributed by atoms with Crippen molar-refractivity contribution in [3.63, 3.8) is 0 Å². The summed E-state index contributed by atoms with van der Waals surface area (Å²) in [5.41, 5.74) is 0. The molecule has 2 saturated heterocycles. The average molecular weight is 242 g/mol. The first kappa shape index (κ1) is 12.8. The second-order valence-electron chi connectivity index (χ2n) is 4.81. The Labute approximate surface area is 102 Å². The first-order valence-corrected chi connectivity index (χ1v) is 6.31. The van der Waals surface area contributed by atoms with Gasteiger partial charge in [0.05, 0.1) is 12.0 Å². The van der Waals surface area contributed by atoms with Gasteiger partial charge in [0.15, 0.2) is 0 Å². The summed E-state index contributed by atoms with van der Waals surface area (Å²) in [7, 11) is 3.39. The van der Waals surface area contributed by atoms with Gasteiger partial charge in [-0.05, 0) is 19.4 Å². The Morgan fingerprint density at radius 2 is 2.00 bits per heavy atom. The van der Waals surface area contributed by atoms with Crippen molar-refractivity contribution in [2.75, 3.05) is 40.4 Å². The lowest BCUT2D eigenvalue weighted by molar-refractivity contribution is -0.144. The summed E-state index contributed by atoms with van der Waals surface area (Å²) in [5, 5.41) is 3.23. The van der Waals surface area contributed by atoms with Crippen molar-refractivity contribution in [2.45, 2.75) is 25.0 Å². The highest BCUT2D eigenvalue weighted by atomic mass is 16.5. The summed E-state index contributed by atoms with van der Waals surface area (Å²) in [6.07, 6.45) is 1.94. The van der Waals surface area contributed by atoms with Crippen LogP contribution in [0.15, 0.2) is 0 Å². The second-order valence-corrected chi connectivity index (χ2v) is 4.81. The van der Waals surface area contributed by atoms with Gasteiger partial charge in [-0.2, -0.15) is 0 Å². The van der Waals surface area contributed by atoms with Crippen LogP contribution in [0.2, 0.25) is 0 Å². The fourth-order valence-electron chi connectivity index (χ4n) is 2.71. The molecule has 0 spiro atoms. The minimum absolute atomic E-state index is 0.00654. The van der Waals surface area contributed by atoms with E-state index in [4.69, 9.17) is 9.47 Å². The van der Waals surface area contributed by atoms with Crippen molar-refractivity contribution >= 4 is 5.91 Å². The van der Waals surface area contributed by atoms with Crippen LogP contribution in [0.5, 0.6) is 0 Å². The third-order valence-electron chi connectivity index (χ3n) is 3.83. The van der Waals surface area contributed by atoms with E-state index in [-0.39, 0.29) is 24.0 Å². The first-order chi connectivity index (χ1) is 8.26. The van der Waals surface area contributed by atoms with E-state index in [0.29, 0.717) is 6.54 Å². The van der Waals surface area contributed by atoms with E-state index >= 15 is 0 Å². The fraction of sp³-hybridized carbons (Fsp3) is 0.917. The summed E-state index contributed by atoms with van der Waals surface area (Å²) in [4.78, 5) is 14.2. The Bertz CT molecular complexity index is 266. The van der Waals surface area contributed by atoms with Crippen LogP contribution < -0.4 is 5.32 Å². The third kappa shape index (κ3) is 2.78. The molecule has 1 N–H and O–H groups in total. The van der Waals surface area contributed by atoms with Crippen LogP contribution in [0.4, 0.5) is 0 Å². The monoisotopic (exact) mass is 242 g/mol. The molecule has 0 aliphatic carbocycles. The van der Waals surface area contributed by atoms with E-state index < -0.39 is 0 Å². The van der Waals surface area contributed by atoms with Gasteiger partial charge in [0.2, 0.25) is 5.91 Å². The summed E-state index contributed by atoms with van der Waals surface area (Å²) in [6.45, 7) is 3.22. The topological polar surface area (TPSA) is 50.8 Å². The maximum Gasteiger partial charge on any atom is 0.227 e. The quantitative estimate of drug-likeness (QED) is 0.748. The number of rotatable bonds is 3. The Kier molecular flexibility index (Phi) is 4.36. The van der Waals surface area contributed by atoms with Gasteiger partial charge < -0.3 is 19.7 Å². The van der Waals surface area contributed by atoms with E-state index in [0.717, 1.165) is 32.5 Å². The molecular formula is C12H22N2O3. The van der Waals surface area contributed by atoms with Crippen LogP contribution in [0, 0.1) is 5.92 Å². The number of amides is 1. The predicted octanol–water partition coefficient (Wildman–Crippen LogP) is -0.142. The Balaban J connectivity index is 1.91. The molecule has 5 heteroatoms. The molecule has 3 atom stereocenters. The predicted molar refractivity (Wildman–Crippen MR) is 63.8 cm³/mol. The Hall–Kier alpha value is -0.650. The zero-order valence-corrected chi connectivity index (χ0v) is 10.6. The van der Waals surface area contributed by atoms with Gasteiger partial charge in [0.1, 0.15) is 6.10 Å². The molecule has 2 aliphatic heterocycles. The van der Waals surface area contributed by atoms with E-state index in [1.807, 2.05) is 4.90 Å². The number of hydrogen-bond donors (Lipinski definition) is 1. The molecule has 2 fully saturated rings. The molecule has 1 amide bonds. The Morgan fingerprint density at radius 3 is 2.59 bits per heavy atom. The molecule has 2 aliphatic rings. The minimum atomic E-state index is 0.00654. The molecule has 0 aromatic heterocycles. The molecule has 0 aromatic rings. The van der Waals surface area contributed by atoms with Gasteiger partial charge >= 0.3 is 0 Å². The van der Waals surface area contributed by atoms with E-state index in [9.17, 15) is 4.79 Å². The minimum Gasteiger partial charge on any atom is -0.379 e. The van der Waals surface area contributed by atoms with Gasteiger partial charge in [0, 0.05) is 33.9 Å². The smallest absolute Gasteiger partial charge is 0.227 e. The molecule has 0 bridgehead atoms. The van der Waals surface area contributed by atoms with Crippen molar-refractivity contribution in [1.82, 2.24) is 10.2 Å². The SMILES string of the molecule is COC1CN(C(=O)C2CCNC2)CC[C@H]1OC. The zero-order valence-electron chi connectivity index (χ0n) is 10.6. The van der Waals surface area contributed by atoms with E-state index in [1.165, 1.54) is 0 Å². The van der Waals surface area contributed by atoms with Gasteiger partial charge in [-0.3, -0.25) is 4.79 Å². The third-order valence-corrected chi connectivity index (χ3v) is 3.83. The summed E-state index contributed by atoms with van der Waals surface area (Å²) in [6, 6.07) is 0. The van der Waals surface area contributed by atoms with Crippen LogP contribution >= 0.6 is 0 Å². The number of nitrogens with zero attached hydrogens (tertiary/aromatic N) is 1. The summed E-state index contributed by atoms with van der Waals surface area (Å²) >= 11 is 0. The summed E-state index contributed by atoms with van der Waals surface area (Å²) < 4.78 is 10.8. The molecular weight excluding hydrogens is 220 g/mol. The van der Waals surface area contributed by atoms with Gasteiger partial charge in [-0.15, -0.1) is 0 Å². The zero-order chi connectivity index (χ0) is 12.3. The lowest BCUT2D eigenvalue weighted by Gasteiger charge is -2.37. The van der Waals surface area contributed by atoms with E-state index in [2.05, 4.69) is 5.32 Å². The van der Waals surface area contributed by atoms with Crippen LogP contribution in [0.1, 0.15) is 12.8 Å². The van der Waals surface area contributed by atoms with Crippen molar-refractivity contribution in [2.24, 2.45) is 5.92 Å². The number of hydrogen-bond acceptors (Lipinski definition) is 4. The van der Waals surface area contributed by atoms with Gasteiger partial charge in [-0.25, -0.2) is 0 Å². The van der Waals surface area contributed by atoms with Crippen LogP contribution in [0.3, 0.4) is 0 Å². The molecule has 0 saturated carbocycles. The number of likely N-dealkylation sites (tertiary alicyclic amines) is 1. The lowest BCUT2D eigenvalue weighted by Crippen LogP contribution is -2.52. The van der Waals surface area contributed by atoms with Crippen LogP contribution in [-0.2, 0) is 14.3 Å². The fourth-order valence-corrected chi connectivity index (χ4v) is 2.71. The first-order valence-electron chi connectivity index (χ1n) is 6.31. The van der Waals surface area contributed by atoms with Gasteiger partial charge in [0.25, 0.3) is 0 Å². The van der Waals surface area contributed by atoms with Crippen LogP contribution in [-0.4, -0.2) is 63.4 Å². The molecule has 17 heavy (non-hydrogen) atoms. The van der Waals surface area contributed by atoms with Gasteiger partial charge in [-0.1, -0.05) is 0 Å². The molecule has 2 heterocycles. The highest BCUT2D eigenvalue weighted by Crippen LogP contribution is 2.20. The number of carbonyl (C=O) groups is 1. The molecule has 5 nitrogen and oxygen atoms in total. The summed E-state index contributed by atoms with van der Waals surface area (Å²) in [5.74, 6) is 0.429. The normalized spacial score (nSPS) is 34.0. The molecule has 2 rings (SSSR count). The molecule has 0 aromatic carbocycles. The van der Waals surface area contributed by atoms with Crippen LogP contribution in [0.25, 0.3) is 0 Å². The molecule has 0 radical (unpaired) electrons. The second kappa shape index (κ2) is 5.80.